The van der Waals surface area contributed by atoms with E-state index in [4.69, 9.17) is 16.0 Å². The number of aromatic nitrogens is 1. The molecule has 13 heteroatoms. The minimum atomic E-state index is -4.79. The van der Waals surface area contributed by atoms with Gasteiger partial charge in [-0.1, -0.05) is 30.3 Å². The predicted molar refractivity (Wildman–Crippen MR) is 102 cm³/mol. The molecule has 2 unspecified atom stereocenters. The molecule has 154 valence electrons. The van der Waals surface area contributed by atoms with Crippen molar-refractivity contribution < 1.29 is 27.4 Å². The number of hydrogen-bond acceptors (Lipinski definition) is 8. The average molecular weight is 439 g/mol. The summed E-state index contributed by atoms with van der Waals surface area (Å²) in [6.45, 7) is -0.528. The molecule has 29 heavy (non-hydrogen) atoms. The quantitative estimate of drug-likeness (QED) is 0.313. The van der Waals surface area contributed by atoms with Crippen molar-refractivity contribution in [3.63, 3.8) is 0 Å². The molecule has 2 heterocycles. The third-order valence-electron chi connectivity index (χ3n) is 4.56. The highest BCUT2D eigenvalue weighted by molar-refractivity contribution is 7.84. The summed E-state index contributed by atoms with van der Waals surface area (Å²) < 4.78 is 31.9. The number of amides is 3. The fourth-order valence-electron chi connectivity index (χ4n) is 3.19. The Morgan fingerprint density at radius 2 is 2.00 bits per heavy atom. The molecule has 0 bridgehead atoms. The van der Waals surface area contributed by atoms with Gasteiger partial charge in [0.2, 0.25) is 17.7 Å². The summed E-state index contributed by atoms with van der Waals surface area (Å²) in [7, 11) is -4.79. The topological polar surface area (TPSA) is 186 Å². The van der Waals surface area contributed by atoms with Crippen LogP contribution in [-0.2, 0) is 36.6 Å². The van der Waals surface area contributed by atoms with Crippen molar-refractivity contribution >= 4 is 44.5 Å². The zero-order chi connectivity index (χ0) is 21.4. The number of carbonyl (C=O) groups is 3. The number of thiazole rings is 1. The van der Waals surface area contributed by atoms with Gasteiger partial charge in [0.25, 0.3) is 0 Å². The molecule has 1 aliphatic rings. The third kappa shape index (κ3) is 3.79. The van der Waals surface area contributed by atoms with Crippen LogP contribution in [0.1, 0.15) is 11.3 Å². The van der Waals surface area contributed by atoms with Gasteiger partial charge in [0.1, 0.15) is 0 Å². The highest BCUT2D eigenvalue weighted by atomic mass is 32.2. The zero-order valence-electron chi connectivity index (χ0n) is 14.8. The van der Waals surface area contributed by atoms with Crippen LogP contribution < -0.4 is 16.8 Å². The second-order valence-electron chi connectivity index (χ2n) is 6.34. The summed E-state index contributed by atoms with van der Waals surface area (Å²) in [4.78, 5) is 41.6. The van der Waals surface area contributed by atoms with Gasteiger partial charge in [0.15, 0.2) is 10.7 Å². The lowest BCUT2D eigenvalue weighted by molar-refractivity contribution is -0.152. The van der Waals surface area contributed by atoms with E-state index in [0.29, 0.717) is 5.69 Å². The maximum absolute atomic E-state index is 12.7. The Hall–Kier alpha value is -3.03. The van der Waals surface area contributed by atoms with Crippen LogP contribution in [0.3, 0.4) is 0 Å². The van der Waals surface area contributed by atoms with Crippen LogP contribution in [0.25, 0.3) is 0 Å². The fraction of sp³-hybridized carbons (Fsp3) is 0.250. The largest absolute Gasteiger partial charge is 0.375 e. The second kappa shape index (κ2) is 7.42. The Bertz CT molecular complexity index is 1070. The molecule has 0 saturated carbocycles. The molecule has 0 aliphatic carbocycles. The lowest BCUT2D eigenvalue weighted by atomic mass is 9.73. The molecule has 2 atom stereocenters. The molecule has 1 aromatic heterocycles. The van der Waals surface area contributed by atoms with Crippen molar-refractivity contribution in [3.8, 4) is 0 Å². The number of rotatable bonds is 7. The molecule has 0 spiro atoms. The van der Waals surface area contributed by atoms with Gasteiger partial charge in [0, 0.05) is 5.38 Å². The van der Waals surface area contributed by atoms with Crippen molar-refractivity contribution in [2.24, 2.45) is 11.7 Å². The first-order chi connectivity index (χ1) is 13.6. The first-order valence-corrected chi connectivity index (χ1v) is 10.5. The Balaban J connectivity index is 1.98. The molecule has 2 aromatic rings. The number of nitrogens with one attached hydrogen (secondary N) is 1. The molecular formula is C16H17N5O6S2. The number of β-lactam (4-membered cyclic amide) rings is 1. The normalized spacial score (nSPS) is 18.6. The maximum atomic E-state index is 12.7. The Labute approximate surface area is 169 Å². The van der Waals surface area contributed by atoms with Crippen molar-refractivity contribution in [1.82, 2.24) is 14.6 Å². The summed E-state index contributed by atoms with van der Waals surface area (Å²) in [6, 6.07) is 7.76. The molecule has 1 aromatic carbocycles. The lowest BCUT2D eigenvalue weighted by Gasteiger charge is -2.46. The molecule has 6 N–H and O–H groups in total. The van der Waals surface area contributed by atoms with Gasteiger partial charge in [-0.05, 0) is 5.56 Å². The Kier molecular flexibility index (Phi) is 5.30. The highest BCUT2D eigenvalue weighted by Crippen LogP contribution is 2.38. The van der Waals surface area contributed by atoms with Crippen LogP contribution in [0, 0.1) is 5.92 Å². The number of carbonyl (C=O) groups excluding carboxylic acids is 3. The molecule has 3 rings (SSSR count). The van der Waals surface area contributed by atoms with Gasteiger partial charge >= 0.3 is 10.3 Å². The third-order valence-corrected chi connectivity index (χ3v) is 6.17. The van der Waals surface area contributed by atoms with E-state index in [1.54, 1.807) is 23.6 Å². The Morgan fingerprint density at radius 3 is 2.48 bits per heavy atom. The number of nitrogens with zero attached hydrogens (tertiary/aromatic N) is 2. The summed E-state index contributed by atoms with van der Waals surface area (Å²) in [5.41, 5.74) is 9.69. The van der Waals surface area contributed by atoms with Crippen LogP contribution in [0.2, 0.25) is 0 Å². The standard InChI is InChI=1S/C16H17N5O6S2/c17-14(24)16(9-4-2-1-3-5-9,11-7-21(13(11)23)29(25,26)27)20-12(22)6-10-8-28-15(18)19-10/h1-5,8,11H,6-7H2,(H2,17,24)(H2,18,19)(H,20,22)(H,25,26,27). The second-order valence-corrected chi connectivity index (χ2v) is 8.57. The van der Waals surface area contributed by atoms with Crippen LogP contribution in [0.4, 0.5) is 5.13 Å². The van der Waals surface area contributed by atoms with Crippen molar-refractivity contribution in [2.45, 2.75) is 12.0 Å². The van der Waals surface area contributed by atoms with Crippen molar-refractivity contribution in [1.29, 1.82) is 0 Å². The number of benzene rings is 1. The molecular weight excluding hydrogens is 422 g/mol. The first-order valence-electron chi connectivity index (χ1n) is 8.21. The molecule has 1 aliphatic heterocycles. The lowest BCUT2D eigenvalue weighted by Crippen LogP contribution is -2.70. The zero-order valence-corrected chi connectivity index (χ0v) is 16.4. The van der Waals surface area contributed by atoms with E-state index in [1.165, 1.54) is 12.1 Å². The van der Waals surface area contributed by atoms with E-state index >= 15 is 0 Å². The van der Waals surface area contributed by atoms with Crippen LogP contribution in [0.15, 0.2) is 35.7 Å². The van der Waals surface area contributed by atoms with Gasteiger partial charge in [-0.25, -0.2) is 9.29 Å². The summed E-state index contributed by atoms with van der Waals surface area (Å²) in [5.74, 6) is -4.11. The van der Waals surface area contributed by atoms with Crippen molar-refractivity contribution in [2.75, 3.05) is 12.3 Å². The maximum Gasteiger partial charge on any atom is 0.362 e. The van der Waals surface area contributed by atoms with E-state index in [1.807, 2.05) is 0 Å². The van der Waals surface area contributed by atoms with Gasteiger partial charge < -0.3 is 16.8 Å². The van der Waals surface area contributed by atoms with E-state index < -0.39 is 46.0 Å². The fourth-order valence-corrected chi connectivity index (χ4v) is 4.45. The number of nitrogen functional groups attached to an aromatic ring is 1. The molecule has 11 nitrogen and oxygen atoms in total. The monoisotopic (exact) mass is 439 g/mol. The van der Waals surface area contributed by atoms with Gasteiger partial charge in [-0.3, -0.25) is 18.9 Å². The minimum Gasteiger partial charge on any atom is -0.375 e. The molecule has 1 saturated heterocycles. The molecule has 0 radical (unpaired) electrons. The van der Waals surface area contributed by atoms with Crippen LogP contribution >= 0.6 is 11.3 Å². The number of nitrogens with two attached hydrogens (primary N) is 2. The van der Waals surface area contributed by atoms with Gasteiger partial charge in [-0.15, -0.1) is 11.3 Å². The minimum absolute atomic E-state index is 0.200. The first kappa shape index (κ1) is 20.7. The Morgan fingerprint density at radius 1 is 1.34 bits per heavy atom. The van der Waals surface area contributed by atoms with E-state index in [2.05, 4.69) is 10.3 Å². The average Bonchev–Trinajstić information content (AvgIpc) is 3.03. The SMILES string of the molecule is NC(=O)C(NC(=O)Cc1csc(N)n1)(c1ccccc1)C1CN(S(=O)(=O)O)C1=O. The summed E-state index contributed by atoms with van der Waals surface area (Å²) in [6.07, 6.45) is -0.238. The number of anilines is 1. The predicted octanol–water partition coefficient (Wildman–Crippen LogP) is -0.974. The number of primary amides is 1. The smallest absolute Gasteiger partial charge is 0.362 e. The summed E-state index contributed by atoms with van der Waals surface area (Å²) >= 11 is 1.13. The summed E-state index contributed by atoms with van der Waals surface area (Å²) in [5, 5.41) is 4.32. The van der Waals surface area contributed by atoms with E-state index in [0.717, 1.165) is 11.3 Å². The van der Waals surface area contributed by atoms with E-state index in [9.17, 15) is 22.8 Å². The van der Waals surface area contributed by atoms with Crippen molar-refractivity contribution in [3.05, 3.63) is 47.0 Å². The van der Waals surface area contributed by atoms with E-state index in [-0.39, 0.29) is 21.4 Å². The molecule has 1 fully saturated rings. The van der Waals surface area contributed by atoms with Crippen LogP contribution in [0.5, 0.6) is 0 Å². The van der Waals surface area contributed by atoms with Gasteiger partial charge in [0.05, 0.1) is 24.6 Å². The van der Waals surface area contributed by atoms with Crippen LogP contribution in [-0.4, -0.2) is 46.5 Å². The number of hydrogen-bond donors (Lipinski definition) is 4. The van der Waals surface area contributed by atoms with Gasteiger partial charge in [-0.2, -0.15) is 8.42 Å². The molecule has 3 amide bonds. The highest BCUT2D eigenvalue weighted by Gasteiger charge is 2.59.